The quantitative estimate of drug-likeness (QED) is 0.560. The van der Waals surface area contributed by atoms with Crippen molar-refractivity contribution in [2.24, 2.45) is 11.5 Å². The van der Waals surface area contributed by atoms with E-state index in [9.17, 15) is 18.8 Å². The van der Waals surface area contributed by atoms with Gasteiger partial charge in [0.15, 0.2) is 0 Å². The molecule has 3 rings (SSSR count). The van der Waals surface area contributed by atoms with Gasteiger partial charge in [-0.1, -0.05) is 0 Å². The Kier molecular flexibility index (Phi) is 5.29. The predicted octanol–water partition coefficient (Wildman–Crippen LogP) is -1.14. The molecule has 0 saturated carbocycles. The van der Waals surface area contributed by atoms with Crippen molar-refractivity contribution in [3.8, 4) is 0 Å². The van der Waals surface area contributed by atoms with E-state index in [-0.39, 0.29) is 43.0 Å². The zero-order chi connectivity index (χ0) is 20.3. The number of hydrogen-bond donors (Lipinski definition) is 3. The number of hydrogen-bond acceptors (Lipinski definition) is 8. The molecule has 0 radical (unpaired) electrons. The lowest BCUT2D eigenvalue weighted by Gasteiger charge is -2.34. The van der Waals surface area contributed by atoms with Crippen LogP contribution in [0.4, 0.5) is 21.8 Å². The van der Waals surface area contributed by atoms with Crippen LogP contribution >= 0.6 is 0 Å². The third-order valence-electron chi connectivity index (χ3n) is 3.92. The molecule has 0 bridgehead atoms. The highest BCUT2D eigenvalue weighted by molar-refractivity contribution is 5.97. The first-order valence-electron chi connectivity index (χ1n) is 8.20. The molecule has 3 heterocycles. The lowest BCUT2D eigenvalue weighted by Crippen LogP contribution is -2.51. The van der Waals surface area contributed by atoms with Gasteiger partial charge in [-0.2, -0.15) is 4.98 Å². The number of halogens is 1. The maximum absolute atomic E-state index is 13.4. The third kappa shape index (κ3) is 4.28. The Morgan fingerprint density at radius 1 is 1.18 bits per heavy atom. The summed E-state index contributed by atoms with van der Waals surface area (Å²) < 4.78 is 13.4. The minimum atomic E-state index is -0.790. The average molecular weight is 388 g/mol. The summed E-state index contributed by atoms with van der Waals surface area (Å²) in [4.78, 5) is 50.0. The SMILES string of the molecule is NC(=O)CNc1cc(C(N)=O)nc(N2CCN(c3cncc(F)c3)C(=O)C2)n1. The highest BCUT2D eigenvalue weighted by Gasteiger charge is 2.28. The summed E-state index contributed by atoms with van der Waals surface area (Å²) in [5.74, 6) is -2.01. The van der Waals surface area contributed by atoms with Crippen LogP contribution < -0.4 is 26.6 Å². The zero-order valence-electron chi connectivity index (χ0n) is 14.6. The smallest absolute Gasteiger partial charge is 0.267 e. The molecule has 5 N–H and O–H groups in total. The number of rotatable bonds is 6. The molecule has 2 aromatic rings. The van der Waals surface area contributed by atoms with Crippen LogP contribution in [0.2, 0.25) is 0 Å². The minimum Gasteiger partial charge on any atom is -0.368 e. The molecule has 0 unspecified atom stereocenters. The standard InChI is InChI=1S/C16H17FN8O3/c17-9-3-10(6-20-5-9)25-2-1-24(8-14(25)27)16-22-11(15(19)28)4-13(23-16)21-7-12(18)26/h3-6H,1-2,7-8H2,(H2,18,26)(H2,19,28)(H,21,22,23). The molecule has 2 aromatic heterocycles. The van der Waals surface area contributed by atoms with Crippen molar-refractivity contribution in [3.63, 3.8) is 0 Å². The van der Waals surface area contributed by atoms with Gasteiger partial charge in [-0.15, -0.1) is 0 Å². The van der Waals surface area contributed by atoms with E-state index in [2.05, 4.69) is 20.3 Å². The normalized spacial score (nSPS) is 14.1. The van der Waals surface area contributed by atoms with Crippen molar-refractivity contribution in [2.75, 3.05) is 41.3 Å². The zero-order valence-corrected chi connectivity index (χ0v) is 14.6. The molecule has 1 aliphatic heterocycles. The third-order valence-corrected chi connectivity index (χ3v) is 3.92. The van der Waals surface area contributed by atoms with Gasteiger partial charge in [-0.05, 0) is 0 Å². The lowest BCUT2D eigenvalue weighted by atomic mass is 10.2. The number of nitrogens with one attached hydrogen (secondary N) is 1. The number of pyridine rings is 1. The van der Waals surface area contributed by atoms with Gasteiger partial charge in [0.25, 0.3) is 5.91 Å². The Hall–Kier alpha value is -3.83. The van der Waals surface area contributed by atoms with Crippen LogP contribution in [0.25, 0.3) is 0 Å². The maximum atomic E-state index is 13.4. The molecule has 0 aliphatic carbocycles. The van der Waals surface area contributed by atoms with E-state index in [4.69, 9.17) is 11.5 Å². The van der Waals surface area contributed by atoms with Gasteiger partial charge in [-0.25, -0.2) is 9.37 Å². The summed E-state index contributed by atoms with van der Waals surface area (Å²) >= 11 is 0. The van der Waals surface area contributed by atoms with Crippen molar-refractivity contribution < 1.29 is 18.8 Å². The summed E-state index contributed by atoms with van der Waals surface area (Å²) in [7, 11) is 0. The van der Waals surface area contributed by atoms with E-state index in [1.54, 1.807) is 4.90 Å². The second kappa shape index (κ2) is 7.82. The minimum absolute atomic E-state index is 0.0822. The molecule has 11 nitrogen and oxygen atoms in total. The van der Waals surface area contributed by atoms with Crippen LogP contribution in [0.1, 0.15) is 10.5 Å². The number of carbonyl (C=O) groups excluding carboxylic acids is 3. The van der Waals surface area contributed by atoms with Gasteiger partial charge in [0.05, 0.1) is 24.6 Å². The largest absolute Gasteiger partial charge is 0.368 e. The second-order valence-electron chi connectivity index (χ2n) is 5.95. The molecule has 1 saturated heterocycles. The molecule has 0 spiro atoms. The Labute approximate surface area is 158 Å². The Morgan fingerprint density at radius 3 is 2.61 bits per heavy atom. The highest BCUT2D eigenvalue weighted by atomic mass is 19.1. The van der Waals surface area contributed by atoms with E-state index >= 15 is 0 Å². The number of nitrogens with zero attached hydrogens (tertiary/aromatic N) is 5. The summed E-state index contributed by atoms with van der Waals surface area (Å²) in [5, 5.41) is 2.67. The van der Waals surface area contributed by atoms with Gasteiger partial charge < -0.3 is 26.6 Å². The van der Waals surface area contributed by atoms with Gasteiger partial charge in [0.1, 0.15) is 23.9 Å². The Balaban J connectivity index is 1.81. The first-order chi connectivity index (χ1) is 13.3. The molecule has 0 aromatic carbocycles. The molecular weight excluding hydrogens is 371 g/mol. The summed E-state index contributed by atoms with van der Waals surface area (Å²) in [6.07, 6.45) is 2.45. The van der Waals surface area contributed by atoms with E-state index < -0.39 is 17.6 Å². The van der Waals surface area contributed by atoms with Crippen molar-refractivity contribution in [1.82, 2.24) is 15.0 Å². The summed E-state index contributed by atoms with van der Waals surface area (Å²) in [5.41, 5.74) is 10.6. The van der Waals surface area contributed by atoms with Crippen molar-refractivity contribution in [1.29, 1.82) is 0 Å². The molecule has 12 heteroatoms. The van der Waals surface area contributed by atoms with Crippen molar-refractivity contribution in [2.45, 2.75) is 0 Å². The van der Waals surface area contributed by atoms with Gasteiger partial charge in [0, 0.05) is 25.2 Å². The van der Waals surface area contributed by atoms with Crippen LogP contribution in [0.15, 0.2) is 24.5 Å². The number of amides is 3. The van der Waals surface area contributed by atoms with Crippen LogP contribution in [0.5, 0.6) is 0 Å². The number of carbonyl (C=O) groups is 3. The first kappa shape index (κ1) is 18.9. The fraction of sp³-hybridized carbons (Fsp3) is 0.250. The van der Waals surface area contributed by atoms with Crippen LogP contribution in [-0.2, 0) is 9.59 Å². The fourth-order valence-corrected chi connectivity index (χ4v) is 2.64. The predicted molar refractivity (Wildman–Crippen MR) is 97.0 cm³/mol. The van der Waals surface area contributed by atoms with Gasteiger partial charge in [0.2, 0.25) is 17.8 Å². The molecule has 1 fully saturated rings. The monoisotopic (exact) mass is 388 g/mol. The number of anilines is 3. The Morgan fingerprint density at radius 2 is 1.96 bits per heavy atom. The van der Waals surface area contributed by atoms with E-state index in [1.807, 2.05) is 0 Å². The Bertz CT molecular complexity index is 938. The fourth-order valence-electron chi connectivity index (χ4n) is 2.64. The molecule has 0 atom stereocenters. The topological polar surface area (TPSA) is 160 Å². The molecule has 28 heavy (non-hydrogen) atoms. The average Bonchev–Trinajstić information content (AvgIpc) is 2.66. The van der Waals surface area contributed by atoms with Crippen LogP contribution in [0.3, 0.4) is 0 Å². The van der Waals surface area contributed by atoms with E-state index in [0.29, 0.717) is 12.2 Å². The number of piperazine rings is 1. The molecule has 1 aliphatic rings. The lowest BCUT2D eigenvalue weighted by molar-refractivity contribution is -0.118. The first-order valence-corrected chi connectivity index (χ1v) is 8.20. The van der Waals surface area contributed by atoms with Crippen molar-refractivity contribution >= 4 is 35.2 Å². The van der Waals surface area contributed by atoms with Gasteiger partial charge in [-0.3, -0.25) is 19.4 Å². The van der Waals surface area contributed by atoms with Gasteiger partial charge >= 0.3 is 0 Å². The molecule has 3 amide bonds. The number of primary amides is 2. The van der Waals surface area contributed by atoms with E-state index in [0.717, 1.165) is 6.20 Å². The molecular formula is C16H17FN8O3. The van der Waals surface area contributed by atoms with E-state index in [1.165, 1.54) is 23.2 Å². The number of aromatic nitrogens is 3. The summed E-state index contributed by atoms with van der Waals surface area (Å²) in [6.45, 7) is 0.250. The molecule has 146 valence electrons. The van der Waals surface area contributed by atoms with Crippen LogP contribution in [0, 0.1) is 5.82 Å². The highest BCUT2D eigenvalue weighted by Crippen LogP contribution is 2.20. The van der Waals surface area contributed by atoms with Crippen LogP contribution in [-0.4, -0.2) is 58.9 Å². The second-order valence-corrected chi connectivity index (χ2v) is 5.95. The maximum Gasteiger partial charge on any atom is 0.267 e. The van der Waals surface area contributed by atoms with Crippen molar-refractivity contribution in [3.05, 3.63) is 36.0 Å². The summed E-state index contributed by atoms with van der Waals surface area (Å²) in [6, 6.07) is 2.50. The number of nitrogens with two attached hydrogens (primary N) is 2.